The summed E-state index contributed by atoms with van der Waals surface area (Å²) in [5.41, 5.74) is 1.52. The minimum atomic E-state index is -0.110. The van der Waals surface area contributed by atoms with Gasteiger partial charge >= 0.3 is 0 Å². The van der Waals surface area contributed by atoms with Crippen molar-refractivity contribution in [3.05, 3.63) is 63.1 Å². The normalized spacial score (nSPS) is 12.0. The Kier molecular flexibility index (Phi) is 4.91. The minimum absolute atomic E-state index is 0.0980. The van der Waals surface area contributed by atoms with E-state index in [-0.39, 0.29) is 17.7 Å². The van der Waals surface area contributed by atoms with Crippen LogP contribution >= 0.6 is 27.5 Å². The molecule has 0 aliphatic heterocycles. The van der Waals surface area contributed by atoms with Gasteiger partial charge in [-0.05, 0) is 58.7 Å². The molecular formula is C16H15BrClNO2. The molecule has 5 heteroatoms. The van der Waals surface area contributed by atoms with Crippen molar-refractivity contribution in [2.45, 2.75) is 13.0 Å². The smallest absolute Gasteiger partial charge is 0.255 e. The summed E-state index contributed by atoms with van der Waals surface area (Å²) in [6, 6.07) is 11.8. The third kappa shape index (κ3) is 3.57. The molecule has 2 aromatic rings. The molecule has 2 rings (SSSR count). The Morgan fingerprint density at radius 1 is 1.24 bits per heavy atom. The van der Waals surface area contributed by atoms with Crippen LogP contribution in [0.5, 0.6) is 5.75 Å². The van der Waals surface area contributed by atoms with Gasteiger partial charge < -0.3 is 10.0 Å². The van der Waals surface area contributed by atoms with E-state index < -0.39 is 0 Å². The number of aromatic hydroxyl groups is 1. The van der Waals surface area contributed by atoms with Crippen LogP contribution in [0.4, 0.5) is 0 Å². The van der Waals surface area contributed by atoms with Crippen molar-refractivity contribution in [3.63, 3.8) is 0 Å². The highest BCUT2D eigenvalue weighted by Gasteiger charge is 2.20. The first-order valence-corrected chi connectivity index (χ1v) is 7.58. The Labute approximate surface area is 137 Å². The molecule has 1 atom stereocenters. The van der Waals surface area contributed by atoms with Gasteiger partial charge in [0.25, 0.3) is 5.91 Å². The van der Waals surface area contributed by atoms with Gasteiger partial charge in [0.05, 0.1) is 11.6 Å². The maximum absolute atomic E-state index is 12.6. The lowest BCUT2D eigenvalue weighted by Crippen LogP contribution is -2.29. The molecule has 110 valence electrons. The number of hydrogen-bond donors (Lipinski definition) is 1. The molecule has 0 aliphatic carbocycles. The van der Waals surface area contributed by atoms with Crippen LogP contribution in [0.2, 0.25) is 5.02 Å². The number of phenolic OH excluding ortho intramolecular Hbond substituents is 1. The van der Waals surface area contributed by atoms with Crippen molar-refractivity contribution in [3.8, 4) is 5.75 Å². The van der Waals surface area contributed by atoms with Crippen molar-refractivity contribution in [1.82, 2.24) is 4.90 Å². The van der Waals surface area contributed by atoms with Crippen molar-refractivity contribution < 1.29 is 9.90 Å². The summed E-state index contributed by atoms with van der Waals surface area (Å²) >= 11 is 9.26. The minimum Gasteiger partial charge on any atom is -0.508 e. The van der Waals surface area contributed by atoms with Crippen molar-refractivity contribution >= 4 is 33.4 Å². The second kappa shape index (κ2) is 6.50. The zero-order chi connectivity index (χ0) is 15.6. The molecule has 1 unspecified atom stereocenters. The van der Waals surface area contributed by atoms with Gasteiger partial charge in [0.1, 0.15) is 5.75 Å². The molecule has 0 spiro atoms. The molecule has 0 bridgehead atoms. The van der Waals surface area contributed by atoms with Gasteiger partial charge in [-0.1, -0.05) is 23.7 Å². The molecule has 0 heterocycles. The van der Waals surface area contributed by atoms with Crippen LogP contribution < -0.4 is 0 Å². The molecule has 2 aromatic carbocycles. The quantitative estimate of drug-likeness (QED) is 0.857. The first-order valence-electron chi connectivity index (χ1n) is 6.41. The van der Waals surface area contributed by atoms with E-state index in [1.807, 2.05) is 6.92 Å². The number of phenols is 1. The van der Waals surface area contributed by atoms with Crippen molar-refractivity contribution in [1.29, 1.82) is 0 Å². The van der Waals surface area contributed by atoms with Gasteiger partial charge in [0.15, 0.2) is 0 Å². The summed E-state index contributed by atoms with van der Waals surface area (Å²) in [6.45, 7) is 1.94. The summed E-state index contributed by atoms with van der Waals surface area (Å²) in [4.78, 5) is 14.2. The Morgan fingerprint density at radius 3 is 2.43 bits per heavy atom. The molecule has 0 aliphatic rings. The zero-order valence-corrected chi connectivity index (χ0v) is 14.0. The number of carbonyl (C=O) groups excluding carboxylic acids is 1. The fraction of sp³-hybridized carbons (Fsp3) is 0.188. The molecule has 21 heavy (non-hydrogen) atoms. The third-order valence-corrected chi connectivity index (χ3v) is 4.33. The molecule has 1 N–H and O–H groups in total. The van der Waals surface area contributed by atoms with Crippen LogP contribution in [0.3, 0.4) is 0 Å². The maximum Gasteiger partial charge on any atom is 0.255 e. The monoisotopic (exact) mass is 367 g/mol. The van der Waals surface area contributed by atoms with Gasteiger partial charge in [-0.3, -0.25) is 4.79 Å². The zero-order valence-electron chi connectivity index (χ0n) is 11.7. The summed E-state index contributed by atoms with van der Waals surface area (Å²) in [5.74, 6) is 0.111. The van der Waals surface area contributed by atoms with Gasteiger partial charge in [0, 0.05) is 16.5 Å². The first-order chi connectivity index (χ1) is 9.90. The lowest BCUT2D eigenvalue weighted by atomic mass is 10.1. The van der Waals surface area contributed by atoms with E-state index in [4.69, 9.17) is 11.6 Å². The predicted octanol–water partition coefficient (Wildman–Crippen LogP) is 4.64. The first kappa shape index (κ1) is 15.9. The van der Waals surface area contributed by atoms with Gasteiger partial charge in [0.2, 0.25) is 0 Å². The fourth-order valence-electron chi connectivity index (χ4n) is 2.01. The summed E-state index contributed by atoms with van der Waals surface area (Å²) in [5, 5.41) is 9.90. The number of halogens is 2. The topological polar surface area (TPSA) is 40.5 Å². The standard InChI is InChI=1S/C16H15BrClNO2/c1-10(11-3-6-13(20)7-4-11)19(2)16(21)14-8-5-12(18)9-15(14)17/h3-10,20H,1-2H3. The molecule has 0 saturated carbocycles. The average Bonchev–Trinajstić information content (AvgIpc) is 2.46. The second-order valence-electron chi connectivity index (χ2n) is 4.81. The highest BCUT2D eigenvalue weighted by atomic mass is 79.9. The number of carbonyl (C=O) groups is 1. The van der Waals surface area contributed by atoms with Crippen LogP contribution in [0.1, 0.15) is 28.9 Å². The van der Waals surface area contributed by atoms with Crippen molar-refractivity contribution in [2.24, 2.45) is 0 Å². The second-order valence-corrected chi connectivity index (χ2v) is 6.10. The lowest BCUT2D eigenvalue weighted by molar-refractivity contribution is 0.0741. The third-order valence-electron chi connectivity index (χ3n) is 3.44. The van der Waals surface area contributed by atoms with E-state index in [1.54, 1.807) is 54.4 Å². The van der Waals surface area contributed by atoms with Crippen LogP contribution in [0, 0.1) is 0 Å². The molecule has 1 amide bonds. The Balaban J connectivity index is 2.24. The van der Waals surface area contributed by atoms with Crippen LogP contribution in [-0.4, -0.2) is 23.0 Å². The van der Waals surface area contributed by atoms with Gasteiger partial charge in [-0.2, -0.15) is 0 Å². The summed E-state index contributed by atoms with van der Waals surface area (Å²) in [6.07, 6.45) is 0. The Bertz CT molecular complexity index is 658. The predicted molar refractivity (Wildman–Crippen MR) is 87.8 cm³/mol. The van der Waals surface area contributed by atoms with Crippen LogP contribution in [0.25, 0.3) is 0 Å². The van der Waals surface area contributed by atoms with Crippen LogP contribution in [-0.2, 0) is 0 Å². The van der Waals surface area contributed by atoms with E-state index in [0.717, 1.165) is 5.56 Å². The SMILES string of the molecule is CC(c1ccc(O)cc1)N(C)C(=O)c1ccc(Cl)cc1Br. The van der Waals surface area contributed by atoms with Crippen molar-refractivity contribution in [2.75, 3.05) is 7.05 Å². The number of hydrogen-bond acceptors (Lipinski definition) is 2. The maximum atomic E-state index is 12.6. The highest BCUT2D eigenvalue weighted by Crippen LogP contribution is 2.26. The molecule has 0 fully saturated rings. The largest absolute Gasteiger partial charge is 0.508 e. The van der Waals surface area contributed by atoms with E-state index >= 15 is 0 Å². The number of nitrogens with zero attached hydrogens (tertiary/aromatic N) is 1. The van der Waals surface area contributed by atoms with E-state index in [0.29, 0.717) is 15.1 Å². The number of rotatable bonds is 3. The Hall–Kier alpha value is -1.52. The van der Waals surface area contributed by atoms with Gasteiger partial charge in [-0.15, -0.1) is 0 Å². The van der Waals surface area contributed by atoms with Gasteiger partial charge in [-0.25, -0.2) is 0 Å². The average molecular weight is 369 g/mol. The highest BCUT2D eigenvalue weighted by molar-refractivity contribution is 9.10. The number of benzene rings is 2. The fourth-order valence-corrected chi connectivity index (χ4v) is 2.86. The van der Waals surface area contributed by atoms with Crippen LogP contribution in [0.15, 0.2) is 46.9 Å². The number of amides is 1. The molecular weight excluding hydrogens is 354 g/mol. The molecule has 3 nitrogen and oxygen atoms in total. The molecule has 0 radical (unpaired) electrons. The lowest BCUT2D eigenvalue weighted by Gasteiger charge is -2.26. The summed E-state index contributed by atoms with van der Waals surface area (Å²) < 4.78 is 0.671. The van der Waals surface area contributed by atoms with E-state index in [1.165, 1.54) is 0 Å². The molecule has 0 saturated heterocycles. The van der Waals surface area contributed by atoms with E-state index in [9.17, 15) is 9.90 Å². The molecule has 0 aromatic heterocycles. The Morgan fingerprint density at radius 2 is 1.86 bits per heavy atom. The van der Waals surface area contributed by atoms with E-state index in [2.05, 4.69) is 15.9 Å². The summed E-state index contributed by atoms with van der Waals surface area (Å²) in [7, 11) is 1.75.